The predicted octanol–water partition coefficient (Wildman–Crippen LogP) is 3.59. The van der Waals surface area contributed by atoms with E-state index in [0.29, 0.717) is 4.67 Å². The van der Waals surface area contributed by atoms with Gasteiger partial charge in [0.25, 0.3) is 0 Å². The van der Waals surface area contributed by atoms with E-state index in [2.05, 4.69) is 27.0 Å². The maximum atomic E-state index is 10.5. The topological polar surface area (TPSA) is 46.3 Å². The quantitative estimate of drug-likeness (QED) is 0.922. The fourth-order valence-corrected chi connectivity index (χ4v) is 3.16. The van der Waals surface area contributed by atoms with Gasteiger partial charge in [0.05, 0.1) is 12.4 Å². The van der Waals surface area contributed by atoms with E-state index in [-0.39, 0.29) is 5.92 Å². The van der Waals surface area contributed by atoms with Gasteiger partial charge >= 0.3 is 0 Å². The molecule has 2 unspecified atom stereocenters. The van der Waals surface area contributed by atoms with E-state index in [0.717, 1.165) is 30.5 Å². The van der Waals surface area contributed by atoms with Crippen molar-refractivity contribution in [1.29, 1.82) is 0 Å². The van der Waals surface area contributed by atoms with Crippen LogP contribution in [0.15, 0.2) is 39.7 Å². The Morgan fingerprint density at radius 2 is 2.33 bits per heavy atom. The van der Waals surface area contributed by atoms with Crippen LogP contribution >= 0.6 is 15.9 Å². The molecular formula is C14H14BrNO2. The van der Waals surface area contributed by atoms with Crippen molar-refractivity contribution in [2.45, 2.75) is 31.3 Å². The van der Waals surface area contributed by atoms with E-state index in [9.17, 15) is 5.11 Å². The van der Waals surface area contributed by atoms with Gasteiger partial charge in [0, 0.05) is 23.4 Å². The number of hydrogen-bond donors (Lipinski definition) is 1. The maximum Gasteiger partial charge on any atom is 0.174 e. The lowest BCUT2D eigenvalue weighted by molar-refractivity contribution is 0.132. The lowest BCUT2D eigenvalue weighted by Crippen LogP contribution is -2.18. The Balaban J connectivity index is 1.97. The summed E-state index contributed by atoms with van der Waals surface area (Å²) in [5, 5.41) is 10.5. The maximum absolute atomic E-state index is 10.5. The van der Waals surface area contributed by atoms with Crippen molar-refractivity contribution in [3.8, 4) is 0 Å². The van der Waals surface area contributed by atoms with Crippen LogP contribution in [0.5, 0.6) is 0 Å². The molecule has 0 saturated carbocycles. The summed E-state index contributed by atoms with van der Waals surface area (Å²) in [6.07, 6.45) is 5.93. The molecule has 2 heterocycles. The summed E-state index contributed by atoms with van der Waals surface area (Å²) in [4.78, 5) is 4.46. The van der Waals surface area contributed by atoms with Crippen molar-refractivity contribution in [2.75, 3.05) is 0 Å². The summed E-state index contributed by atoms with van der Waals surface area (Å²) in [5.41, 5.74) is 3.09. The highest BCUT2D eigenvalue weighted by Gasteiger charge is 2.30. The number of hydrogen-bond acceptors (Lipinski definition) is 3. The second kappa shape index (κ2) is 4.86. The molecule has 1 aliphatic carbocycles. The second-order valence-electron chi connectivity index (χ2n) is 4.64. The highest BCUT2D eigenvalue weighted by atomic mass is 79.9. The molecule has 0 amide bonds. The van der Waals surface area contributed by atoms with Gasteiger partial charge in [0.2, 0.25) is 0 Å². The molecule has 0 bridgehead atoms. The summed E-state index contributed by atoms with van der Waals surface area (Å²) in [6, 6.07) is 5.87. The number of aryl methyl sites for hydroxylation is 1. The van der Waals surface area contributed by atoms with Crippen molar-refractivity contribution >= 4 is 15.9 Å². The second-order valence-corrected chi connectivity index (χ2v) is 5.36. The van der Waals surface area contributed by atoms with E-state index in [1.165, 1.54) is 5.56 Å². The Bertz CT molecular complexity index is 552. The molecule has 18 heavy (non-hydrogen) atoms. The number of aromatic nitrogens is 1. The summed E-state index contributed by atoms with van der Waals surface area (Å²) in [6.45, 7) is 0. The standard InChI is InChI=1S/C14H14BrNO2/c15-14-11(6-8-18-14)13(17)10-5-1-3-9-4-2-7-16-12(9)10/h2,4,6-8,10,13,17H,1,3,5H2. The summed E-state index contributed by atoms with van der Waals surface area (Å²) < 4.78 is 5.81. The Morgan fingerprint density at radius 1 is 1.44 bits per heavy atom. The van der Waals surface area contributed by atoms with E-state index >= 15 is 0 Å². The number of nitrogens with zero attached hydrogens (tertiary/aromatic N) is 1. The van der Waals surface area contributed by atoms with Crippen molar-refractivity contribution in [1.82, 2.24) is 4.98 Å². The molecule has 2 aromatic rings. The molecule has 2 aromatic heterocycles. The lowest BCUT2D eigenvalue weighted by Gasteiger charge is -2.27. The lowest BCUT2D eigenvalue weighted by atomic mass is 9.81. The van der Waals surface area contributed by atoms with Crippen LogP contribution in [0.25, 0.3) is 0 Å². The Labute approximate surface area is 114 Å². The molecule has 0 spiro atoms. The number of rotatable bonds is 2. The van der Waals surface area contributed by atoms with Gasteiger partial charge in [-0.15, -0.1) is 0 Å². The molecule has 94 valence electrons. The zero-order valence-corrected chi connectivity index (χ0v) is 11.4. The van der Waals surface area contributed by atoms with Crippen LogP contribution in [0, 0.1) is 0 Å². The largest absolute Gasteiger partial charge is 0.457 e. The molecule has 0 aliphatic heterocycles. The first-order valence-electron chi connectivity index (χ1n) is 6.12. The molecular weight excluding hydrogens is 294 g/mol. The first kappa shape index (κ1) is 11.9. The third-order valence-corrected chi connectivity index (χ3v) is 4.23. The van der Waals surface area contributed by atoms with Gasteiger partial charge in [0.15, 0.2) is 4.67 Å². The van der Waals surface area contributed by atoms with Crippen LogP contribution in [0.1, 0.15) is 41.7 Å². The van der Waals surface area contributed by atoms with Crippen LogP contribution in [0.2, 0.25) is 0 Å². The summed E-state index contributed by atoms with van der Waals surface area (Å²) >= 11 is 3.33. The third-order valence-electron chi connectivity index (χ3n) is 3.58. The van der Waals surface area contributed by atoms with E-state index < -0.39 is 6.10 Å². The van der Waals surface area contributed by atoms with Crippen LogP contribution in [0.4, 0.5) is 0 Å². The SMILES string of the molecule is OC(c1ccoc1Br)C1CCCc2cccnc21. The monoisotopic (exact) mass is 307 g/mol. The third kappa shape index (κ3) is 1.99. The number of furan rings is 1. The van der Waals surface area contributed by atoms with Gasteiger partial charge in [-0.1, -0.05) is 6.07 Å². The molecule has 0 aromatic carbocycles. The number of aliphatic hydroxyl groups is 1. The smallest absolute Gasteiger partial charge is 0.174 e. The molecule has 0 radical (unpaired) electrons. The average molecular weight is 308 g/mol. The molecule has 1 N–H and O–H groups in total. The number of halogens is 1. The fourth-order valence-electron chi connectivity index (χ4n) is 2.68. The van der Waals surface area contributed by atoms with Crippen molar-refractivity contribution in [3.05, 3.63) is 52.1 Å². The minimum absolute atomic E-state index is 0.0591. The van der Waals surface area contributed by atoms with E-state index in [4.69, 9.17) is 4.42 Å². The van der Waals surface area contributed by atoms with Gasteiger partial charge < -0.3 is 9.52 Å². The first-order valence-corrected chi connectivity index (χ1v) is 6.91. The minimum Gasteiger partial charge on any atom is -0.457 e. The van der Waals surface area contributed by atoms with Crippen LogP contribution in [-0.2, 0) is 6.42 Å². The molecule has 1 aliphatic rings. The van der Waals surface area contributed by atoms with Crippen LogP contribution in [0.3, 0.4) is 0 Å². The zero-order chi connectivity index (χ0) is 12.5. The molecule has 4 heteroatoms. The van der Waals surface area contributed by atoms with E-state index in [1.807, 2.05) is 12.1 Å². The van der Waals surface area contributed by atoms with Gasteiger partial charge in [-0.25, -0.2) is 0 Å². The first-order chi connectivity index (χ1) is 8.77. The molecule has 0 fully saturated rings. The van der Waals surface area contributed by atoms with Crippen molar-refractivity contribution in [2.24, 2.45) is 0 Å². The van der Waals surface area contributed by atoms with Gasteiger partial charge in [-0.05, 0) is 52.9 Å². The molecule has 0 saturated heterocycles. The number of aliphatic hydroxyl groups excluding tert-OH is 1. The highest BCUT2D eigenvalue weighted by Crippen LogP contribution is 2.41. The van der Waals surface area contributed by atoms with Gasteiger partial charge in [0.1, 0.15) is 0 Å². The summed E-state index contributed by atoms with van der Waals surface area (Å²) in [5.74, 6) is 0.0591. The Kier molecular flexibility index (Phi) is 3.22. The molecule has 2 atom stereocenters. The Hall–Kier alpha value is -1.13. The van der Waals surface area contributed by atoms with Gasteiger partial charge in [-0.2, -0.15) is 0 Å². The number of fused-ring (bicyclic) bond motifs is 1. The summed E-state index contributed by atoms with van der Waals surface area (Å²) in [7, 11) is 0. The minimum atomic E-state index is -0.563. The van der Waals surface area contributed by atoms with Crippen LogP contribution in [-0.4, -0.2) is 10.1 Å². The van der Waals surface area contributed by atoms with Crippen molar-refractivity contribution < 1.29 is 9.52 Å². The zero-order valence-electron chi connectivity index (χ0n) is 9.84. The normalized spacial score (nSPS) is 20.4. The Morgan fingerprint density at radius 3 is 3.11 bits per heavy atom. The molecule has 3 nitrogen and oxygen atoms in total. The molecule has 3 rings (SSSR count). The van der Waals surface area contributed by atoms with Gasteiger partial charge in [-0.3, -0.25) is 4.98 Å². The highest BCUT2D eigenvalue weighted by molar-refractivity contribution is 9.10. The fraction of sp³-hybridized carbons (Fsp3) is 0.357. The van der Waals surface area contributed by atoms with Crippen molar-refractivity contribution in [3.63, 3.8) is 0 Å². The van der Waals surface area contributed by atoms with Crippen LogP contribution < -0.4 is 0 Å². The average Bonchev–Trinajstić information content (AvgIpc) is 2.83. The predicted molar refractivity (Wildman–Crippen MR) is 71.3 cm³/mol. The number of pyridine rings is 1. The van der Waals surface area contributed by atoms with E-state index in [1.54, 1.807) is 12.5 Å².